The Kier molecular flexibility index (Phi) is 5.01. The van der Waals surface area contributed by atoms with E-state index in [4.69, 9.17) is 10.3 Å². The van der Waals surface area contributed by atoms with Gasteiger partial charge in [-0.2, -0.15) is 4.98 Å². The van der Waals surface area contributed by atoms with Crippen molar-refractivity contribution in [1.82, 2.24) is 10.1 Å². The smallest absolute Gasteiger partial charge is 0.239 e. The molecule has 2 N–H and O–H groups in total. The predicted molar refractivity (Wildman–Crippen MR) is 83.8 cm³/mol. The van der Waals surface area contributed by atoms with Gasteiger partial charge in [0.05, 0.1) is 10.5 Å². The summed E-state index contributed by atoms with van der Waals surface area (Å²) >= 11 is 1.45. The van der Waals surface area contributed by atoms with E-state index in [1.54, 1.807) is 0 Å². The molecule has 6 heteroatoms. The third kappa shape index (κ3) is 3.64. The summed E-state index contributed by atoms with van der Waals surface area (Å²) in [6.45, 7) is 5.87. The second-order valence-corrected chi connectivity index (χ2v) is 6.40. The summed E-state index contributed by atoms with van der Waals surface area (Å²) in [4.78, 5) is 15.7. The van der Waals surface area contributed by atoms with Crippen molar-refractivity contribution in [2.24, 2.45) is 5.73 Å². The second-order valence-electron chi connectivity index (χ2n) is 4.85. The Morgan fingerprint density at radius 3 is 2.76 bits per heavy atom. The highest BCUT2D eigenvalue weighted by Gasteiger charge is 2.22. The number of hydrogen-bond acceptors (Lipinski definition) is 5. The van der Waals surface area contributed by atoms with Crippen molar-refractivity contribution >= 4 is 17.7 Å². The molecule has 5 nitrogen and oxygen atoms in total. The van der Waals surface area contributed by atoms with Gasteiger partial charge < -0.3 is 10.3 Å². The van der Waals surface area contributed by atoms with Gasteiger partial charge in [0.1, 0.15) is 0 Å². The van der Waals surface area contributed by atoms with Crippen LogP contribution in [0.3, 0.4) is 0 Å². The maximum atomic E-state index is 11.3. The van der Waals surface area contributed by atoms with Crippen molar-refractivity contribution in [3.8, 4) is 11.4 Å². The molecule has 1 amide bonds. The molecule has 0 bridgehead atoms. The SMILES string of the molecule is CCC(SC(C)c1nc(-c2ccccc2C)no1)C(N)=O. The van der Waals surface area contributed by atoms with Gasteiger partial charge in [0.2, 0.25) is 17.6 Å². The maximum absolute atomic E-state index is 11.3. The molecule has 2 rings (SSSR count). The molecule has 1 heterocycles. The fourth-order valence-electron chi connectivity index (χ4n) is 2.00. The first-order valence-corrected chi connectivity index (χ1v) is 7.81. The van der Waals surface area contributed by atoms with Gasteiger partial charge in [0.25, 0.3) is 0 Å². The fourth-order valence-corrected chi connectivity index (χ4v) is 3.03. The molecule has 0 fully saturated rings. The fraction of sp³-hybridized carbons (Fsp3) is 0.400. The minimum absolute atomic E-state index is 0.0762. The average molecular weight is 305 g/mol. The Balaban J connectivity index is 2.16. The van der Waals surface area contributed by atoms with E-state index in [-0.39, 0.29) is 16.4 Å². The number of rotatable bonds is 6. The summed E-state index contributed by atoms with van der Waals surface area (Å²) in [5, 5.41) is 3.71. The first-order chi connectivity index (χ1) is 10.0. The van der Waals surface area contributed by atoms with Crippen LogP contribution in [0.15, 0.2) is 28.8 Å². The lowest BCUT2D eigenvalue weighted by Crippen LogP contribution is -2.25. The molecule has 0 saturated carbocycles. The number of primary amides is 1. The highest BCUT2D eigenvalue weighted by molar-refractivity contribution is 8.00. The highest BCUT2D eigenvalue weighted by atomic mass is 32.2. The molecule has 0 spiro atoms. The average Bonchev–Trinajstić information content (AvgIpc) is 2.94. The number of thioether (sulfide) groups is 1. The van der Waals surface area contributed by atoms with Gasteiger partial charge in [0.15, 0.2) is 0 Å². The quantitative estimate of drug-likeness (QED) is 0.886. The van der Waals surface area contributed by atoms with Gasteiger partial charge in [-0.15, -0.1) is 11.8 Å². The molecule has 0 aliphatic heterocycles. The topological polar surface area (TPSA) is 82.0 Å². The molecule has 0 radical (unpaired) electrons. The van der Waals surface area contributed by atoms with Crippen molar-refractivity contribution in [2.75, 3.05) is 0 Å². The van der Waals surface area contributed by atoms with Crippen LogP contribution in [0, 0.1) is 6.92 Å². The summed E-state index contributed by atoms with van der Waals surface area (Å²) in [7, 11) is 0. The van der Waals surface area contributed by atoms with Crippen LogP contribution in [0.5, 0.6) is 0 Å². The Bertz CT molecular complexity index is 627. The van der Waals surface area contributed by atoms with Crippen molar-refractivity contribution in [2.45, 2.75) is 37.7 Å². The zero-order valence-electron chi connectivity index (χ0n) is 12.4. The number of benzene rings is 1. The molecular formula is C15H19N3O2S. The zero-order valence-corrected chi connectivity index (χ0v) is 13.2. The number of carbonyl (C=O) groups is 1. The standard InChI is InChI=1S/C15H19N3O2S/c1-4-12(13(16)19)21-10(3)15-17-14(18-20-15)11-8-6-5-7-9(11)2/h5-8,10,12H,4H2,1-3H3,(H2,16,19). The lowest BCUT2D eigenvalue weighted by Gasteiger charge is -2.13. The van der Waals surface area contributed by atoms with E-state index < -0.39 is 0 Å². The largest absolute Gasteiger partial charge is 0.369 e. The van der Waals surface area contributed by atoms with Crippen molar-refractivity contribution in [1.29, 1.82) is 0 Å². The Hall–Kier alpha value is -1.82. The van der Waals surface area contributed by atoms with Crippen LogP contribution < -0.4 is 5.73 Å². The molecule has 0 aliphatic rings. The van der Waals surface area contributed by atoms with E-state index in [1.165, 1.54) is 11.8 Å². The van der Waals surface area contributed by atoms with Crippen molar-refractivity contribution in [3.05, 3.63) is 35.7 Å². The first-order valence-electron chi connectivity index (χ1n) is 6.87. The number of amides is 1. The van der Waals surface area contributed by atoms with E-state index in [0.717, 1.165) is 11.1 Å². The molecule has 2 unspecified atom stereocenters. The molecule has 1 aromatic heterocycles. The Morgan fingerprint density at radius 1 is 1.43 bits per heavy atom. The third-order valence-electron chi connectivity index (χ3n) is 3.23. The van der Waals surface area contributed by atoms with Crippen LogP contribution in [-0.2, 0) is 4.79 Å². The number of carbonyl (C=O) groups excluding carboxylic acids is 1. The summed E-state index contributed by atoms with van der Waals surface area (Å²) < 4.78 is 5.33. The summed E-state index contributed by atoms with van der Waals surface area (Å²) in [6, 6.07) is 7.87. The van der Waals surface area contributed by atoms with Crippen molar-refractivity contribution < 1.29 is 9.32 Å². The van der Waals surface area contributed by atoms with Crippen LogP contribution in [0.1, 0.15) is 37.0 Å². The van der Waals surface area contributed by atoms with Crippen LogP contribution in [0.4, 0.5) is 0 Å². The van der Waals surface area contributed by atoms with Gasteiger partial charge in [-0.25, -0.2) is 0 Å². The van der Waals surface area contributed by atoms with Crippen LogP contribution in [0.2, 0.25) is 0 Å². The lowest BCUT2D eigenvalue weighted by molar-refractivity contribution is -0.117. The minimum atomic E-state index is -0.312. The maximum Gasteiger partial charge on any atom is 0.239 e. The summed E-state index contributed by atoms with van der Waals surface area (Å²) in [5.41, 5.74) is 7.41. The number of nitrogens with two attached hydrogens (primary N) is 1. The molecule has 0 saturated heterocycles. The number of aryl methyl sites for hydroxylation is 1. The lowest BCUT2D eigenvalue weighted by atomic mass is 10.1. The summed E-state index contributed by atoms with van der Waals surface area (Å²) in [6.07, 6.45) is 0.684. The van der Waals surface area contributed by atoms with E-state index in [2.05, 4.69) is 10.1 Å². The van der Waals surface area contributed by atoms with Crippen LogP contribution in [-0.4, -0.2) is 21.3 Å². The van der Waals surface area contributed by atoms with Gasteiger partial charge in [-0.05, 0) is 25.8 Å². The first kappa shape index (κ1) is 15.6. The van der Waals surface area contributed by atoms with Gasteiger partial charge in [-0.1, -0.05) is 36.3 Å². The Labute approximate surface area is 128 Å². The van der Waals surface area contributed by atoms with E-state index in [0.29, 0.717) is 18.1 Å². The minimum Gasteiger partial charge on any atom is -0.369 e. The summed E-state index contributed by atoms with van der Waals surface area (Å²) in [5.74, 6) is 0.772. The van der Waals surface area contributed by atoms with E-state index >= 15 is 0 Å². The van der Waals surface area contributed by atoms with Gasteiger partial charge in [0, 0.05) is 5.56 Å². The molecule has 21 heavy (non-hydrogen) atoms. The number of hydrogen-bond donors (Lipinski definition) is 1. The molecule has 2 aromatic rings. The third-order valence-corrected chi connectivity index (χ3v) is 4.74. The second kappa shape index (κ2) is 6.76. The van der Waals surface area contributed by atoms with Crippen LogP contribution in [0.25, 0.3) is 11.4 Å². The molecule has 112 valence electrons. The van der Waals surface area contributed by atoms with E-state index in [9.17, 15) is 4.79 Å². The predicted octanol–water partition coefficient (Wildman–Crippen LogP) is 3.10. The van der Waals surface area contributed by atoms with Crippen LogP contribution >= 0.6 is 11.8 Å². The molecule has 1 aromatic carbocycles. The van der Waals surface area contributed by atoms with Crippen molar-refractivity contribution in [3.63, 3.8) is 0 Å². The normalized spacial score (nSPS) is 13.9. The highest BCUT2D eigenvalue weighted by Crippen LogP contribution is 2.33. The molecule has 0 aliphatic carbocycles. The van der Waals surface area contributed by atoms with Gasteiger partial charge in [-0.3, -0.25) is 4.79 Å². The monoisotopic (exact) mass is 305 g/mol. The number of aromatic nitrogens is 2. The van der Waals surface area contributed by atoms with E-state index in [1.807, 2.05) is 45.0 Å². The van der Waals surface area contributed by atoms with Gasteiger partial charge >= 0.3 is 0 Å². The number of nitrogens with zero attached hydrogens (tertiary/aromatic N) is 2. The molecule has 2 atom stereocenters. The Morgan fingerprint density at radius 2 is 2.14 bits per heavy atom. The zero-order chi connectivity index (χ0) is 15.4. The molecular weight excluding hydrogens is 286 g/mol.